The van der Waals surface area contributed by atoms with Crippen molar-refractivity contribution in [2.45, 2.75) is 18.9 Å². The SMILES string of the molecule is N#Cc1cc(C(=O)N2CCO[C@@H](CCc3ccccc3)C2)c[nH]1. The summed E-state index contributed by atoms with van der Waals surface area (Å²) < 4.78 is 5.79. The number of aromatic amines is 1. The summed E-state index contributed by atoms with van der Waals surface area (Å²) in [5.41, 5.74) is 2.22. The molecule has 0 saturated carbocycles. The first-order chi connectivity index (χ1) is 11.3. The van der Waals surface area contributed by atoms with E-state index < -0.39 is 0 Å². The number of aryl methyl sites for hydroxylation is 1. The molecule has 2 aromatic rings. The third-order valence-corrected chi connectivity index (χ3v) is 4.07. The number of benzene rings is 1. The van der Waals surface area contributed by atoms with E-state index in [-0.39, 0.29) is 12.0 Å². The summed E-state index contributed by atoms with van der Waals surface area (Å²) in [5, 5.41) is 8.84. The molecule has 23 heavy (non-hydrogen) atoms. The van der Waals surface area contributed by atoms with Crippen LogP contribution in [0.25, 0.3) is 0 Å². The molecule has 1 aromatic heterocycles. The van der Waals surface area contributed by atoms with Gasteiger partial charge in [0.15, 0.2) is 0 Å². The Morgan fingerprint density at radius 1 is 1.39 bits per heavy atom. The minimum atomic E-state index is -0.0456. The quantitative estimate of drug-likeness (QED) is 0.942. The molecule has 1 fully saturated rings. The van der Waals surface area contributed by atoms with E-state index in [1.807, 2.05) is 29.2 Å². The third-order valence-electron chi connectivity index (χ3n) is 4.07. The van der Waals surface area contributed by atoms with Crippen molar-refractivity contribution in [3.05, 3.63) is 59.4 Å². The average molecular weight is 309 g/mol. The van der Waals surface area contributed by atoms with E-state index in [0.717, 1.165) is 12.8 Å². The van der Waals surface area contributed by atoms with Crippen LogP contribution in [0.1, 0.15) is 28.0 Å². The molecule has 1 amide bonds. The Morgan fingerprint density at radius 3 is 2.96 bits per heavy atom. The summed E-state index contributed by atoms with van der Waals surface area (Å²) in [5.74, 6) is -0.0456. The Balaban J connectivity index is 1.57. The van der Waals surface area contributed by atoms with Crippen LogP contribution in [0.2, 0.25) is 0 Å². The van der Waals surface area contributed by atoms with Gasteiger partial charge in [-0.25, -0.2) is 0 Å². The van der Waals surface area contributed by atoms with Crippen LogP contribution in [0.15, 0.2) is 42.6 Å². The van der Waals surface area contributed by atoms with Crippen molar-refractivity contribution in [1.82, 2.24) is 9.88 Å². The first kappa shape index (κ1) is 15.3. The minimum Gasteiger partial charge on any atom is -0.375 e. The first-order valence-corrected chi connectivity index (χ1v) is 7.79. The number of rotatable bonds is 4. The molecule has 0 spiro atoms. The lowest BCUT2D eigenvalue weighted by atomic mass is 10.1. The maximum Gasteiger partial charge on any atom is 0.255 e. The third kappa shape index (κ3) is 3.79. The fourth-order valence-corrected chi connectivity index (χ4v) is 2.82. The van der Waals surface area contributed by atoms with Gasteiger partial charge in [0.25, 0.3) is 5.91 Å². The van der Waals surface area contributed by atoms with E-state index in [1.165, 1.54) is 5.56 Å². The van der Waals surface area contributed by atoms with Gasteiger partial charge in [-0.2, -0.15) is 5.26 Å². The van der Waals surface area contributed by atoms with Crippen LogP contribution in [0.5, 0.6) is 0 Å². The smallest absolute Gasteiger partial charge is 0.255 e. The fourth-order valence-electron chi connectivity index (χ4n) is 2.82. The molecule has 1 aliphatic heterocycles. The van der Waals surface area contributed by atoms with E-state index in [9.17, 15) is 4.79 Å². The molecule has 3 rings (SSSR count). The molecular weight excluding hydrogens is 290 g/mol. The second-order valence-electron chi connectivity index (χ2n) is 5.68. The van der Waals surface area contributed by atoms with Gasteiger partial charge in [-0.05, 0) is 24.5 Å². The van der Waals surface area contributed by atoms with Crippen LogP contribution in [0.4, 0.5) is 0 Å². The summed E-state index contributed by atoms with van der Waals surface area (Å²) in [7, 11) is 0. The van der Waals surface area contributed by atoms with Crippen molar-refractivity contribution < 1.29 is 9.53 Å². The Kier molecular flexibility index (Phi) is 4.74. The van der Waals surface area contributed by atoms with Crippen molar-refractivity contribution in [2.24, 2.45) is 0 Å². The molecule has 1 aliphatic rings. The Bertz CT molecular complexity index is 703. The number of hydrogen-bond donors (Lipinski definition) is 1. The zero-order chi connectivity index (χ0) is 16.1. The van der Waals surface area contributed by atoms with Gasteiger partial charge in [0.1, 0.15) is 11.8 Å². The lowest BCUT2D eigenvalue weighted by molar-refractivity contribution is -0.0245. The Morgan fingerprint density at radius 2 is 2.22 bits per heavy atom. The highest BCUT2D eigenvalue weighted by atomic mass is 16.5. The molecule has 0 bridgehead atoms. The molecule has 1 aromatic carbocycles. The maximum absolute atomic E-state index is 12.5. The number of ether oxygens (including phenoxy) is 1. The lowest BCUT2D eigenvalue weighted by Gasteiger charge is -2.33. The topological polar surface area (TPSA) is 69.1 Å². The monoisotopic (exact) mass is 309 g/mol. The summed E-state index contributed by atoms with van der Waals surface area (Å²) >= 11 is 0. The number of carbonyl (C=O) groups is 1. The molecule has 0 radical (unpaired) electrons. The Hall–Kier alpha value is -2.58. The highest BCUT2D eigenvalue weighted by molar-refractivity contribution is 5.94. The number of hydrogen-bond acceptors (Lipinski definition) is 3. The number of aromatic nitrogens is 1. The molecular formula is C18H19N3O2. The van der Waals surface area contributed by atoms with Crippen LogP contribution in [0.3, 0.4) is 0 Å². The second-order valence-corrected chi connectivity index (χ2v) is 5.68. The molecule has 1 N–H and O–H groups in total. The van der Waals surface area contributed by atoms with E-state index in [2.05, 4.69) is 17.1 Å². The van der Waals surface area contributed by atoms with Gasteiger partial charge in [0.05, 0.1) is 18.3 Å². The van der Waals surface area contributed by atoms with E-state index >= 15 is 0 Å². The van der Waals surface area contributed by atoms with E-state index in [1.54, 1.807) is 12.3 Å². The van der Waals surface area contributed by atoms with Crippen LogP contribution in [-0.2, 0) is 11.2 Å². The van der Waals surface area contributed by atoms with Gasteiger partial charge in [0, 0.05) is 19.3 Å². The van der Waals surface area contributed by atoms with Gasteiger partial charge < -0.3 is 14.6 Å². The fraction of sp³-hybridized carbons (Fsp3) is 0.333. The summed E-state index contributed by atoms with van der Waals surface area (Å²) in [6.45, 7) is 1.74. The summed E-state index contributed by atoms with van der Waals surface area (Å²) in [4.78, 5) is 17.1. The predicted molar refractivity (Wildman–Crippen MR) is 85.9 cm³/mol. The Labute approximate surface area is 135 Å². The number of carbonyl (C=O) groups excluding carboxylic acids is 1. The van der Waals surface area contributed by atoms with Gasteiger partial charge in [-0.3, -0.25) is 4.79 Å². The molecule has 2 heterocycles. The normalized spacial score (nSPS) is 17.7. The van der Waals surface area contributed by atoms with Crippen molar-refractivity contribution in [3.63, 3.8) is 0 Å². The maximum atomic E-state index is 12.5. The number of morpholine rings is 1. The van der Waals surface area contributed by atoms with Crippen LogP contribution >= 0.6 is 0 Å². The van der Waals surface area contributed by atoms with E-state index in [4.69, 9.17) is 10.00 Å². The minimum absolute atomic E-state index is 0.0456. The van der Waals surface area contributed by atoms with Crippen LogP contribution < -0.4 is 0 Å². The number of nitrogens with zero attached hydrogens (tertiary/aromatic N) is 2. The number of amides is 1. The molecule has 118 valence electrons. The lowest BCUT2D eigenvalue weighted by Crippen LogP contribution is -2.45. The zero-order valence-corrected chi connectivity index (χ0v) is 12.9. The van der Waals surface area contributed by atoms with Gasteiger partial charge in [-0.1, -0.05) is 30.3 Å². The molecule has 0 unspecified atom stereocenters. The molecule has 5 heteroatoms. The largest absolute Gasteiger partial charge is 0.375 e. The van der Waals surface area contributed by atoms with Crippen molar-refractivity contribution >= 4 is 5.91 Å². The highest BCUT2D eigenvalue weighted by Gasteiger charge is 2.25. The van der Waals surface area contributed by atoms with Gasteiger partial charge in [0.2, 0.25) is 0 Å². The van der Waals surface area contributed by atoms with Gasteiger partial charge in [-0.15, -0.1) is 0 Å². The highest BCUT2D eigenvalue weighted by Crippen LogP contribution is 2.15. The summed E-state index contributed by atoms with van der Waals surface area (Å²) in [6, 6.07) is 13.9. The number of H-pyrrole nitrogens is 1. The van der Waals surface area contributed by atoms with Crippen molar-refractivity contribution in [2.75, 3.05) is 19.7 Å². The zero-order valence-electron chi connectivity index (χ0n) is 12.9. The van der Waals surface area contributed by atoms with Crippen molar-refractivity contribution in [3.8, 4) is 6.07 Å². The van der Waals surface area contributed by atoms with Crippen molar-refractivity contribution in [1.29, 1.82) is 5.26 Å². The second kappa shape index (κ2) is 7.12. The van der Waals surface area contributed by atoms with Crippen LogP contribution in [0, 0.1) is 11.3 Å². The number of nitrogens with one attached hydrogen (secondary N) is 1. The van der Waals surface area contributed by atoms with Crippen LogP contribution in [-0.4, -0.2) is 41.6 Å². The average Bonchev–Trinajstić information content (AvgIpc) is 3.10. The van der Waals surface area contributed by atoms with E-state index in [0.29, 0.717) is 31.0 Å². The molecule has 5 nitrogen and oxygen atoms in total. The summed E-state index contributed by atoms with van der Waals surface area (Å²) in [6.07, 6.45) is 3.48. The molecule has 1 atom stereocenters. The first-order valence-electron chi connectivity index (χ1n) is 7.79. The number of nitriles is 1. The standard InChI is InChI=1S/C18H19N3O2/c19-11-16-10-15(12-20-16)18(22)21-8-9-23-17(13-21)7-6-14-4-2-1-3-5-14/h1-5,10,12,17,20H,6-9,13H2/t17-/m0/s1. The van der Waals surface area contributed by atoms with Gasteiger partial charge >= 0.3 is 0 Å². The predicted octanol–water partition coefficient (Wildman–Crippen LogP) is 2.36. The molecule has 1 saturated heterocycles. The molecule has 0 aliphatic carbocycles.